The molecule has 8 nitrogen and oxygen atoms in total. The van der Waals surface area contributed by atoms with E-state index in [9.17, 15) is 21.6 Å². The van der Waals surface area contributed by atoms with Crippen molar-refractivity contribution in [1.82, 2.24) is 13.9 Å². The molecule has 0 spiro atoms. The lowest BCUT2D eigenvalue weighted by Crippen LogP contribution is -2.30. The van der Waals surface area contributed by atoms with Crippen LogP contribution in [0.4, 0.5) is 18.3 Å². The molecule has 0 amide bonds. The summed E-state index contributed by atoms with van der Waals surface area (Å²) in [6.07, 6.45) is -1.56. The van der Waals surface area contributed by atoms with E-state index >= 15 is 0 Å². The highest BCUT2D eigenvalue weighted by molar-refractivity contribution is 7.93. The number of methoxy groups -OCH3 is 2. The van der Waals surface area contributed by atoms with Crippen LogP contribution in [0.2, 0.25) is 5.02 Å². The largest absolute Gasteiger partial charge is 0.497 e. The van der Waals surface area contributed by atoms with Gasteiger partial charge in [-0.05, 0) is 36.4 Å². The SMILES string of the molecule is COc1ccc(CN(c2ncns2)S(=O)(=O)c2ccc3c(-c4ccc(C(F)(F)F)cc4Cl)cn(C)c3c2)c(OC)c1. The molecule has 2 heterocycles. The summed E-state index contributed by atoms with van der Waals surface area (Å²) < 4.78 is 85.1. The third-order valence-electron chi connectivity index (χ3n) is 6.51. The van der Waals surface area contributed by atoms with Crippen LogP contribution in [0.15, 0.2) is 72.0 Å². The van der Waals surface area contributed by atoms with Crippen LogP contribution in [0.3, 0.4) is 0 Å². The molecular formula is C27H22ClF3N4O4S2. The summed E-state index contributed by atoms with van der Waals surface area (Å²) in [5.74, 6) is 0.985. The quantitative estimate of drug-likeness (QED) is 0.190. The summed E-state index contributed by atoms with van der Waals surface area (Å²) in [7, 11) is 0.542. The first-order chi connectivity index (χ1) is 19.4. The van der Waals surface area contributed by atoms with Crippen molar-refractivity contribution < 1.29 is 31.1 Å². The Bertz CT molecular complexity index is 1840. The lowest BCUT2D eigenvalue weighted by atomic mass is 10.0. The molecule has 0 N–H and O–H groups in total. The number of sulfonamides is 1. The Balaban J connectivity index is 1.57. The number of nitrogens with zero attached hydrogens (tertiary/aromatic N) is 4. The molecule has 214 valence electrons. The third-order valence-corrected chi connectivity index (χ3v) is 9.36. The Kier molecular flexibility index (Phi) is 7.62. The molecule has 0 aliphatic rings. The number of fused-ring (bicyclic) bond motifs is 1. The van der Waals surface area contributed by atoms with Gasteiger partial charge in [-0.25, -0.2) is 17.7 Å². The number of hydrogen-bond acceptors (Lipinski definition) is 7. The maximum atomic E-state index is 14.0. The predicted octanol–water partition coefficient (Wildman–Crippen LogP) is 6.78. The van der Waals surface area contributed by atoms with Gasteiger partial charge in [0.1, 0.15) is 17.8 Å². The third kappa shape index (κ3) is 5.44. The Morgan fingerprint density at radius 1 is 1.02 bits per heavy atom. The van der Waals surface area contributed by atoms with Gasteiger partial charge in [0, 0.05) is 63.5 Å². The summed E-state index contributed by atoms with van der Waals surface area (Å²) in [4.78, 5) is 4.13. The van der Waals surface area contributed by atoms with Crippen molar-refractivity contribution in [3.63, 3.8) is 0 Å². The molecule has 5 rings (SSSR count). The van der Waals surface area contributed by atoms with Gasteiger partial charge in [-0.2, -0.15) is 17.5 Å². The minimum Gasteiger partial charge on any atom is -0.497 e. The van der Waals surface area contributed by atoms with Crippen molar-refractivity contribution in [3.8, 4) is 22.6 Å². The van der Waals surface area contributed by atoms with E-state index < -0.39 is 21.8 Å². The Labute approximate surface area is 242 Å². The summed E-state index contributed by atoms with van der Waals surface area (Å²) in [5.41, 5.74) is 1.21. The number of ether oxygens (including phenoxy) is 2. The van der Waals surface area contributed by atoms with Gasteiger partial charge in [-0.3, -0.25) is 0 Å². The highest BCUT2D eigenvalue weighted by Crippen LogP contribution is 2.40. The minimum absolute atomic E-state index is 0.0149. The highest BCUT2D eigenvalue weighted by Gasteiger charge is 2.32. The molecule has 0 fully saturated rings. The second kappa shape index (κ2) is 10.9. The van der Waals surface area contributed by atoms with Crippen molar-refractivity contribution in [2.45, 2.75) is 17.6 Å². The smallest absolute Gasteiger partial charge is 0.416 e. The average Bonchev–Trinajstić information content (AvgIpc) is 3.59. The number of anilines is 1. The summed E-state index contributed by atoms with van der Waals surface area (Å²) >= 11 is 7.19. The van der Waals surface area contributed by atoms with Crippen LogP contribution >= 0.6 is 23.1 Å². The van der Waals surface area contributed by atoms with E-state index in [1.165, 1.54) is 38.7 Å². The van der Waals surface area contributed by atoms with Crippen LogP contribution in [0.1, 0.15) is 11.1 Å². The topological polar surface area (TPSA) is 86.5 Å². The monoisotopic (exact) mass is 622 g/mol. The van der Waals surface area contributed by atoms with Crippen molar-refractivity contribution in [2.75, 3.05) is 18.5 Å². The molecule has 0 atom stereocenters. The zero-order valence-electron chi connectivity index (χ0n) is 21.8. The minimum atomic E-state index is -4.53. The van der Waals surface area contributed by atoms with Crippen LogP contribution in [0, 0.1) is 0 Å². The van der Waals surface area contributed by atoms with Gasteiger partial charge in [0.15, 0.2) is 0 Å². The fourth-order valence-electron chi connectivity index (χ4n) is 4.45. The van der Waals surface area contributed by atoms with Gasteiger partial charge in [0.25, 0.3) is 10.0 Å². The van der Waals surface area contributed by atoms with E-state index in [1.54, 1.807) is 42.1 Å². The van der Waals surface area contributed by atoms with Gasteiger partial charge in [-0.1, -0.05) is 23.7 Å². The van der Waals surface area contributed by atoms with Gasteiger partial charge >= 0.3 is 6.18 Å². The second-order valence-electron chi connectivity index (χ2n) is 8.94. The standard InChI is InChI=1S/C27H22ClF3N4O4S2/c1-34-14-22(20-8-5-17(10-23(20)28)27(29,30)31)21-9-7-19(12-24(21)34)41(36,37)35(26-32-15-33-40-26)13-16-4-6-18(38-2)11-25(16)39-3/h4-12,14-15H,13H2,1-3H3. The molecular weight excluding hydrogens is 601 g/mol. The lowest BCUT2D eigenvalue weighted by molar-refractivity contribution is -0.137. The van der Waals surface area contributed by atoms with Crippen LogP contribution in [-0.4, -0.2) is 36.6 Å². The molecule has 3 aromatic carbocycles. The molecule has 14 heteroatoms. The molecule has 2 aromatic heterocycles. The van der Waals surface area contributed by atoms with Crippen LogP contribution < -0.4 is 13.8 Å². The first-order valence-corrected chi connectivity index (χ1v) is 14.5. The summed E-state index contributed by atoms with van der Waals surface area (Å²) in [6, 6.07) is 12.8. The molecule has 0 aliphatic heterocycles. The first kappa shape index (κ1) is 28.7. The number of aromatic nitrogens is 3. The van der Waals surface area contributed by atoms with Crippen molar-refractivity contribution in [3.05, 3.63) is 83.3 Å². The summed E-state index contributed by atoms with van der Waals surface area (Å²) in [5, 5.41) is 0.708. The van der Waals surface area contributed by atoms with E-state index in [0.717, 1.165) is 28.0 Å². The van der Waals surface area contributed by atoms with E-state index in [0.29, 0.717) is 39.1 Å². The van der Waals surface area contributed by atoms with E-state index in [2.05, 4.69) is 9.36 Å². The van der Waals surface area contributed by atoms with Gasteiger partial charge in [-0.15, -0.1) is 0 Å². The molecule has 0 saturated carbocycles. The number of alkyl halides is 3. The zero-order valence-corrected chi connectivity index (χ0v) is 24.2. The van der Waals surface area contributed by atoms with E-state index in [1.807, 2.05) is 0 Å². The van der Waals surface area contributed by atoms with Crippen molar-refractivity contribution >= 4 is 49.2 Å². The average molecular weight is 623 g/mol. The van der Waals surface area contributed by atoms with Gasteiger partial charge in [0.2, 0.25) is 5.13 Å². The molecule has 0 bridgehead atoms. The predicted molar refractivity (Wildman–Crippen MR) is 151 cm³/mol. The number of rotatable bonds is 8. The van der Waals surface area contributed by atoms with Crippen LogP contribution in [-0.2, 0) is 29.8 Å². The van der Waals surface area contributed by atoms with Gasteiger partial charge < -0.3 is 14.0 Å². The van der Waals surface area contributed by atoms with Gasteiger partial charge in [0.05, 0.1) is 31.2 Å². The Morgan fingerprint density at radius 2 is 1.80 bits per heavy atom. The fourth-order valence-corrected chi connectivity index (χ4v) is 6.88. The molecule has 5 aromatic rings. The molecule has 41 heavy (non-hydrogen) atoms. The number of hydrogen-bond donors (Lipinski definition) is 0. The molecule has 0 aliphatic carbocycles. The first-order valence-electron chi connectivity index (χ1n) is 11.9. The van der Waals surface area contributed by atoms with Crippen molar-refractivity contribution in [2.24, 2.45) is 7.05 Å². The fraction of sp³-hybridized carbons (Fsp3) is 0.185. The van der Waals surface area contributed by atoms with Crippen LogP contribution in [0.25, 0.3) is 22.0 Å². The maximum absolute atomic E-state index is 14.0. The van der Waals surface area contributed by atoms with E-state index in [-0.39, 0.29) is 21.6 Å². The zero-order chi connectivity index (χ0) is 29.5. The normalized spacial score (nSPS) is 12.1. The van der Waals surface area contributed by atoms with Crippen LogP contribution in [0.5, 0.6) is 11.5 Å². The van der Waals surface area contributed by atoms with Crippen molar-refractivity contribution in [1.29, 1.82) is 0 Å². The second-order valence-corrected chi connectivity index (χ2v) is 12.0. The lowest BCUT2D eigenvalue weighted by Gasteiger charge is -2.23. The Hall–Kier alpha value is -3.81. The maximum Gasteiger partial charge on any atom is 0.416 e. The molecule has 0 unspecified atom stereocenters. The molecule has 0 saturated heterocycles. The Morgan fingerprint density at radius 3 is 2.44 bits per heavy atom. The number of benzene rings is 3. The molecule has 0 radical (unpaired) electrons. The highest BCUT2D eigenvalue weighted by atomic mass is 35.5. The van der Waals surface area contributed by atoms with E-state index in [4.69, 9.17) is 21.1 Å². The number of halogens is 4. The number of aryl methyl sites for hydroxylation is 1. The summed E-state index contributed by atoms with van der Waals surface area (Å²) in [6.45, 7) is -0.0950.